The Hall–Kier alpha value is -2.11. The summed E-state index contributed by atoms with van der Waals surface area (Å²) in [6.45, 7) is 0.334. The van der Waals surface area contributed by atoms with Gasteiger partial charge in [-0.3, -0.25) is 9.55 Å². The summed E-state index contributed by atoms with van der Waals surface area (Å²) < 4.78 is 1.56. The Balaban J connectivity index is 1.91. The van der Waals surface area contributed by atoms with Gasteiger partial charge in [-0.25, -0.2) is 9.89 Å². The number of aromatic amines is 1. The molecule has 0 fully saturated rings. The zero-order valence-electron chi connectivity index (χ0n) is 11.5. The van der Waals surface area contributed by atoms with E-state index >= 15 is 0 Å². The van der Waals surface area contributed by atoms with Crippen molar-refractivity contribution in [2.75, 3.05) is 0 Å². The van der Waals surface area contributed by atoms with E-state index < -0.39 is 0 Å². The van der Waals surface area contributed by atoms with Gasteiger partial charge in [0.15, 0.2) is 0 Å². The van der Waals surface area contributed by atoms with Crippen LogP contribution in [0.3, 0.4) is 0 Å². The predicted octanol–water partition coefficient (Wildman–Crippen LogP) is 2.91. The number of benzene rings is 1. The number of aromatic nitrogens is 4. The number of nitrogens with zero attached hydrogens (tertiary/aromatic N) is 3. The third-order valence-electron chi connectivity index (χ3n) is 3.27. The lowest BCUT2D eigenvalue weighted by Crippen LogP contribution is -2.20. The molecule has 0 saturated heterocycles. The largest absolute Gasteiger partial charge is 0.343 e. The highest BCUT2D eigenvalue weighted by Crippen LogP contribution is 2.21. The van der Waals surface area contributed by atoms with Gasteiger partial charge in [0.2, 0.25) is 0 Å². The van der Waals surface area contributed by atoms with E-state index in [1.807, 2.05) is 12.1 Å². The molecule has 7 heteroatoms. The number of hydrogen-bond acceptors (Lipinski definition) is 3. The first-order valence-electron chi connectivity index (χ1n) is 6.60. The van der Waals surface area contributed by atoms with Gasteiger partial charge in [-0.2, -0.15) is 5.10 Å². The van der Waals surface area contributed by atoms with Crippen molar-refractivity contribution in [3.8, 4) is 0 Å². The molecule has 1 N–H and O–H groups in total. The van der Waals surface area contributed by atoms with Gasteiger partial charge in [-0.05, 0) is 29.3 Å². The quantitative estimate of drug-likeness (QED) is 0.797. The fraction of sp³-hybridized carbons (Fsp3) is 0.133. The fourth-order valence-corrected chi connectivity index (χ4v) is 2.62. The highest BCUT2D eigenvalue weighted by molar-refractivity contribution is 6.35. The number of rotatable bonds is 4. The molecule has 0 spiro atoms. The van der Waals surface area contributed by atoms with Crippen LogP contribution in [0.1, 0.15) is 17.0 Å². The minimum absolute atomic E-state index is 0.273. The normalized spacial score (nSPS) is 10.8. The van der Waals surface area contributed by atoms with E-state index in [2.05, 4.69) is 15.2 Å². The van der Waals surface area contributed by atoms with Gasteiger partial charge in [-0.15, -0.1) is 0 Å². The molecule has 3 rings (SSSR count). The number of pyridine rings is 1. The van der Waals surface area contributed by atoms with Crippen LogP contribution in [-0.2, 0) is 13.0 Å². The smallest absolute Gasteiger partial charge is 0.274 e. The van der Waals surface area contributed by atoms with Crippen LogP contribution in [0.15, 0.2) is 47.5 Å². The molecule has 0 aliphatic heterocycles. The van der Waals surface area contributed by atoms with Crippen molar-refractivity contribution in [1.29, 1.82) is 0 Å². The molecule has 0 amide bonds. The molecule has 1 aromatic carbocycles. The second-order valence-electron chi connectivity index (χ2n) is 4.80. The average Bonchev–Trinajstić information content (AvgIpc) is 2.84. The van der Waals surface area contributed by atoms with Crippen LogP contribution in [0.2, 0.25) is 10.0 Å². The van der Waals surface area contributed by atoms with Crippen LogP contribution in [-0.4, -0.2) is 19.7 Å². The number of nitrogens with one attached hydrogen (secondary N) is 1. The first-order chi connectivity index (χ1) is 10.6. The first-order valence-corrected chi connectivity index (χ1v) is 7.36. The van der Waals surface area contributed by atoms with Crippen molar-refractivity contribution in [1.82, 2.24) is 19.7 Å². The van der Waals surface area contributed by atoms with Gasteiger partial charge in [0.05, 0.1) is 6.54 Å². The summed E-state index contributed by atoms with van der Waals surface area (Å²) >= 11 is 12.1. The molecule has 112 valence electrons. The lowest BCUT2D eigenvalue weighted by Gasteiger charge is -2.08. The summed E-state index contributed by atoms with van der Waals surface area (Å²) in [5, 5.41) is 7.64. The van der Waals surface area contributed by atoms with Crippen molar-refractivity contribution < 1.29 is 0 Å². The maximum absolute atomic E-state index is 12.0. The Morgan fingerprint density at radius 2 is 2.09 bits per heavy atom. The van der Waals surface area contributed by atoms with Crippen LogP contribution < -0.4 is 5.69 Å². The van der Waals surface area contributed by atoms with Crippen LogP contribution in [0.5, 0.6) is 0 Å². The molecule has 0 bridgehead atoms. The van der Waals surface area contributed by atoms with Crippen LogP contribution in [0, 0.1) is 0 Å². The summed E-state index contributed by atoms with van der Waals surface area (Å²) in [4.78, 5) is 16.0. The SMILES string of the molecule is O=c1[nH]nc(Cc2cccnc2)n1Cc1ccc(Cl)cc1Cl. The van der Waals surface area contributed by atoms with Gasteiger partial charge in [0.1, 0.15) is 5.82 Å². The molecule has 0 aliphatic carbocycles. The molecule has 2 heterocycles. The fourth-order valence-electron chi connectivity index (χ4n) is 2.15. The van der Waals surface area contributed by atoms with Crippen molar-refractivity contribution in [2.45, 2.75) is 13.0 Å². The summed E-state index contributed by atoms with van der Waals surface area (Å²) in [7, 11) is 0. The van der Waals surface area contributed by atoms with Crippen LogP contribution in [0.4, 0.5) is 0 Å². The highest BCUT2D eigenvalue weighted by atomic mass is 35.5. The van der Waals surface area contributed by atoms with Crippen molar-refractivity contribution in [2.24, 2.45) is 0 Å². The Morgan fingerprint density at radius 3 is 2.82 bits per heavy atom. The van der Waals surface area contributed by atoms with E-state index in [0.717, 1.165) is 11.1 Å². The molecular weight excluding hydrogens is 323 g/mol. The molecule has 0 radical (unpaired) electrons. The van der Waals surface area contributed by atoms with Gasteiger partial charge in [0, 0.05) is 28.9 Å². The summed E-state index contributed by atoms with van der Waals surface area (Å²) in [6.07, 6.45) is 3.96. The Bertz CT molecular complexity index is 842. The lowest BCUT2D eigenvalue weighted by molar-refractivity contribution is 0.717. The predicted molar refractivity (Wildman–Crippen MR) is 85.5 cm³/mol. The third-order valence-corrected chi connectivity index (χ3v) is 3.85. The minimum atomic E-state index is -0.273. The van der Waals surface area contributed by atoms with E-state index in [1.165, 1.54) is 0 Å². The van der Waals surface area contributed by atoms with Crippen molar-refractivity contribution >= 4 is 23.2 Å². The molecular formula is C15H12Cl2N4O. The average molecular weight is 335 g/mol. The zero-order valence-corrected chi connectivity index (χ0v) is 13.0. The molecule has 3 aromatic rings. The van der Waals surface area contributed by atoms with Crippen LogP contribution in [0.25, 0.3) is 0 Å². The molecule has 0 aliphatic rings. The zero-order chi connectivity index (χ0) is 15.5. The number of halogens is 2. The van der Waals surface area contributed by atoms with Gasteiger partial charge >= 0.3 is 5.69 Å². The van der Waals surface area contributed by atoms with Gasteiger partial charge < -0.3 is 0 Å². The Labute approximate surface area is 136 Å². The standard InChI is InChI=1S/C15H12Cl2N4O/c16-12-4-3-11(13(17)7-12)9-21-14(19-20-15(21)22)6-10-2-1-5-18-8-10/h1-5,7-8H,6,9H2,(H,20,22). The Morgan fingerprint density at radius 1 is 1.23 bits per heavy atom. The molecule has 0 saturated carbocycles. The molecule has 0 unspecified atom stereocenters. The molecule has 22 heavy (non-hydrogen) atoms. The van der Waals surface area contributed by atoms with E-state index in [1.54, 1.807) is 35.2 Å². The summed E-state index contributed by atoms with van der Waals surface area (Å²) in [6, 6.07) is 8.99. The first kappa shape index (κ1) is 14.8. The van der Waals surface area contributed by atoms with Gasteiger partial charge in [0.25, 0.3) is 0 Å². The van der Waals surface area contributed by atoms with Crippen molar-refractivity contribution in [3.05, 3.63) is 80.2 Å². The topological polar surface area (TPSA) is 63.6 Å². The Kier molecular flexibility index (Phi) is 4.27. The number of H-pyrrole nitrogens is 1. The minimum Gasteiger partial charge on any atom is -0.274 e. The molecule has 2 aromatic heterocycles. The van der Waals surface area contributed by atoms with E-state index in [-0.39, 0.29) is 5.69 Å². The summed E-state index contributed by atoms with van der Waals surface area (Å²) in [5.74, 6) is 0.629. The second-order valence-corrected chi connectivity index (χ2v) is 5.65. The molecule has 0 atom stereocenters. The maximum Gasteiger partial charge on any atom is 0.343 e. The highest BCUT2D eigenvalue weighted by Gasteiger charge is 2.11. The maximum atomic E-state index is 12.0. The number of hydrogen-bond donors (Lipinski definition) is 1. The van der Waals surface area contributed by atoms with E-state index in [4.69, 9.17) is 23.2 Å². The van der Waals surface area contributed by atoms with Crippen molar-refractivity contribution in [3.63, 3.8) is 0 Å². The lowest BCUT2D eigenvalue weighted by atomic mass is 10.2. The van der Waals surface area contributed by atoms with E-state index in [0.29, 0.717) is 28.8 Å². The van der Waals surface area contributed by atoms with Gasteiger partial charge in [-0.1, -0.05) is 35.3 Å². The second kappa shape index (κ2) is 6.34. The monoisotopic (exact) mass is 334 g/mol. The van der Waals surface area contributed by atoms with Crippen LogP contribution >= 0.6 is 23.2 Å². The van der Waals surface area contributed by atoms with E-state index in [9.17, 15) is 4.79 Å². The third kappa shape index (κ3) is 3.21. The summed E-state index contributed by atoms with van der Waals surface area (Å²) in [5.41, 5.74) is 1.51. The molecule has 5 nitrogen and oxygen atoms in total.